The maximum atomic E-state index is 6.08. The van der Waals surface area contributed by atoms with Gasteiger partial charge in [-0.05, 0) is 19.8 Å². The van der Waals surface area contributed by atoms with Gasteiger partial charge in [0.1, 0.15) is 6.33 Å². The van der Waals surface area contributed by atoms with Gasteiger partial charge in [-0.25, -0.2) is 9.97 Å². The third-order valence-electron chi connectivity index (χ3n) is 3.74. The zero-order valence-electron chi connectivity index (χ0n) is 11.1. The third-order valence-corrected chi connectivity index (χ3v) is 3.74. The number of ether oxygens (including phenoxy) is 2. The number of nitrogens with two attached hydrogens (primary N) is 1. The Morgan fingerprint density at radius 3 is 2.79 bits per heavy atom. The predicted molar refractivity (Wildman–Crippen MR) is 70.0 cm³/mol. The van der Waals surface area contributed by atoms with Gasteiger partial charge in [-0.1, -0.05) is 0 Å². The second-order valence-electron chi connectivity index (χ2n) is 4.97. The van der Waals surface area contributed by atoms with Gasteiger partial charge in [0.05, 0.1) is 12.6 Å². The van der Waals surface area contributed by atoms with Gasteiger partial charge in [0.2, 0.25) is 11.8 Å². The van der Waals surface area contributed by atoms with Crippen molar-refractivity contribution >= 4 is 17.1 Å². The van der Waals surface area contributed by atoms with Crippen molar-refractivity contribution in [2.45, 2.75) is 25.3 Å². The summed E-state index contributed by atoms with van der Waals surface area (Å²) < 4.78 is 12.6. The SMILES string of the molecule is COc1ncnc2c1nc(N)n2C1(C)CCOCC1. The number of rotatable bonds is 2. The molecule has 1 fully saturated rings. The summed E-state index contributed by atoms with van der Waals surface area (Å²) >= 11 is 0. The first-order chi connectivity index (χ1) is 9.15. The second kappa shape index (κ2) is 4.34. The van der Waals surface area contributed by atoms with Crippen molar-refractivity contribution in [3.8, 4) is 5.88 Å². The van der Waals surface area contributed by atoms with Crippen LogP contribution in [-0.2, 0) is 10.3 Å². The van der Waals surface area contributed by atoms with Crippen LogP contribution in [0.2, 0.25) is 0 Å². The molecule has 2 N–H and O–H groups in total. The van der Waals surface area contributed by atoms with E-state index in [0.29, 0.717) is 23.0 Å². The molecule has 2 aromatic heterocycles. The van der Waals surface area contributed by atoms with Gasteiger partial charge in [-0.3, -0.25) is 4.57 Å². The Balaban J connectivity index is 2.20. The van der Waals surface area contributed by atoms with E-state index in [1.807, 2.05) is 4.57 Å². The Bertz CT molecular complexity index is 603. The predicted octanol–water partition coefficient (Wildman–Crippen LogP) is 0.943. The molecule has 0 aliphatic carbocycles. The molecule has 0 amide bonds. The highest BCUT2D eigenvalue weighted by molar-refractivity contribution is 5.79. The average Bonchev–Trinajstić information content (AvgIpc) is 2.76. The zero-order chi connectivity index (χ0) is 13.5. The Kier molecular flexibility index (Phi) is 2.78. The number of methoxy groups -OCH3 is 1. The molecular formula is C12H17N5O2. The molecule has 0 radical (unpaired) electrons. The van der Waals surface area contributed by atoms with Gasteiger partial charge in [0.15, 0.2) is 11.2 Å². The highest BCUT2D eigenvalue weighted by atomic mass is 16.5. The van der Waals surface area contributed by atoms with Crippen LogP contribution in [0.15, 0.2) is 6.33 Å². The van der Waals surface area contributed by atoms with Crippen molar-refractivity contribution in [3.63, 3.8) is 0 Å². The summed E-state index contributed by atoms with van der Waals surface area (Å²) in [6.45, 7) is 3.59. The number of fused-ring (bicyclic) bond motifs is 1. The van der Waals surface area contributed by atoms with Crippen LogP contribution in [0.3, 0.4) is 0 Å². The molecular weight excluding hydrogens is 246 g/mol. The van der Waals surface area contributed by atoms with E-state index in [4.69, 9.17) is 15.2 Å². The van der Waals surface area contributed by atoms with Gasteiger partial charge in [-0.15, -0.1) is 0 Å². The van der Waals surface area contributed by atoms with E-state index in [9.17, 15) is 0 Å². The Morgan fingerprint density at radius 2 is 2.11 bits per heavy atom. The highest BCUT2D eigenvalue weighted by Gasteiger charge is 2.33. The normalized spacial score (nSPS) is 18.6. The van der Waals surface area contributed by atoms with Crippen molar-refractivity contribution in [2.24, 2.45) is 0 Å². The highest BCUT2D eigenvalue weighted by Crippen LogP contribution is 2.35. The molecule has 0 spiro atoms. The molecule has 1 aliphatic rings. The molecule has 0 bridgehead atoms. The van der Waals surface area contributed by atoms with E-state index in [0.717, 1.165) is 26.1 Å². The molecule has 7 nitrogen and oxygen atoms in total. The molecule has 0 unspecified atom stereocenters. The van der Waals surface area contributed by atoms with Gasteiger partial charge in [0, 0.05) is 13.2 Å². The Hall–Kier alpha value is -1.89. The lowest BCUT2D eigenvalue weighted by Gasteiger charge is -2.35. The summed E-state index contributed by atoms with van der Waals surface area (Å²) in [5.74, 6) is 0.893. The minimum Gasteiger partial charge on any atom is -0.479 e. The molecule has 102 valence electrons. The lowest BCUT2D eigenvalue weighted by atomic mass is 9.92. The van der Waals surface area contributed by atoms with Crippen molar-refractivity contribution < 1.29 is 9.47 Å². The van der Waals surface area contributed by atoms with Crippen LogP contribution < -0.4 is 10.5 Å². The van der Waals surface area contributed by atoms with Gasteiger partial charge in [0.25, 0.3) is 0 Å². The third kappa shape index (κ3) is 1.81. The van der Waals surface area contributed by atoms with Crippen molar-refractivity contribution in [2.75, 3.05) is 26.1 Å². The first kappa shape index (κ1) is 12.2. The Morgan fingerprint density at radius 1 is 1.37 bits per heavy atom. The van der Waals surface area contributed by atoms with Crippen LogP contribution in [0.4, 0.5) is 5.95 Å². The molecule has 1 aliphatic heterocycles. The van der Waals surface area contributed by atoms with E-state index in [1.165, 1.54) is 6.33 Å². The molecule has 0 aromatic carbocycles. The van der Waals surface area contributed by atoms with Gasteiger partial charge >= 0.3 is 0 Å². The number of nitrogens with zero attached hydrogens (tertiary/aromatic N) is 4. The standard InChI is InChI=1S/C12H17N5O2/c1-12(3-5-19-6-4-12)17-9-8(16-11(17)13)10(18-2)15-7-14-9/h7H,3-6H2,1-2H3,(H2,13,16). The van der Waals surface area contributed by atoms with Gasteiger partial charge < -0.3 is 15.2 Å². The Labute approximate surface area is 110 Å². The summed E-state index contributed by atoms with van der Waals surface area (Å²) in [4.78, 5) is 12.7. The first-order valence-electron chi connectivity index (χ1n) is 6.27. The number of nitrogen functional groups attached to an aromatic ring is 1. The van der Waals surface area contributed by atoms with E-state index < -0.39 is 0 Å². The largest absolute Gasteiger partial charge is 0.479 e. The lowest BCUT2D eigenvalue weighted by molar-refractivity contribution is 0.0318. The maximum absolute atomic E-state index is 6.08. The van der Waals surface area contributed by atoms with E-state index >= 15 is 0 Å². The number of hydrogen-bond acceptors (Lipinski definition) is 6. The lowest BCUT2D eigenvalue weighted by Crippen LogP contribution is -2.37. The summed E-state index contributed by atoms with van der Waals surface area (Å²) in [6, 6.07) is 0. The molecule has 3 rings (SSSR count). The van der Waals surface area contributed by atoms with Crippen LogP contribution >= 0.6 is 0 Å². The van der Waals surface area contributed by atoms with E-state index in [2.05, 4.69) is 21.9 Å². The van der Waals surface area contributed by atoms with Crippen LogP contribution in [-0.4, -0.2) is 39.8 Å². The molecule has 3 heterocycles. The summed E-state index contributed by atoms with van der Waals surface area (Å²) in [5, 5.41) is 0. The summed E-state index contributed by atoms with van der Waals surface area (Å²) in [5.41, 5.74) is 7.28. The molecule has 0 atom stereocenters. The van der Waals surface area contributed by atoms with Crippen molar-refractivity contribution in [1.82, 2.24) is 19.5 Å². The number of aromatic nitrogens is 4. The van der Waals surface area contributed by atoms with E-state index in [-0.39, 0.29) is 5.54 Å². The summed E-state index contributed by atoms with van der Waals surface area (Å²) in [7, 11) is 1.56. The second-order valence-corrected chi connectivity index (χ2v) is 4.97. The fourth-order valence-electron chi connectivity index (χ4n) is 2.60. The van der Waals surface area contributed by atoms with E-state index in [1.54, 1.807) is 7.11 Å². The number of hydrogen-bond donors (Lipinski definition) is 1. The van der Waals surface area contributed by atoms with Crippen LogP contribution in [0.1, 0.15) is 19.8 Å². The van der Waals surface area contributed by atoms with Crippen LogP contribution in [0, 0.1) is 0 Å². The summed E-state index contributed by atoms with van der Waals surface area (Å²) in [6.07, 6.45) is 3.24. The van der Waals surface area contributed by atoms with Crippen LogP contribution in [0.5, 0.6) is 5.88 Å². The molecule has 0 saturated carbocycles. The smallest absolute Gasteiger partial charge is 0.245 e. The fraction of sp³-hybridized carbons (Fsp3) is 0.583. The molecule has 2 aromatic rings. The average molecular weight is 263 g/mol. The van der Waals surface area contributed by atoms with Gasteiger partial charge in [-0.2, -0.15) is 4.98 Å². The minimum absolute atomic E-state index is 0.129. The monoisotopic (exact) mass is 263 g/mol. The van der Waals surface area contributed by atoms with Crippen molar-refractivity contribution in [1.29, 1.82) is 0 Å². The maximum Gasteiger partial charge on any atom is 0.245 e. The topological polar surface area (TPSA) is 88.1 Å². The molecule has 19 heavy (non-hydrogen) atoms. The van der Waals surface area contributed by atoms with Crippen molar-refractivity contribution in [3.05, 3.63) is 6.33 Å². The fourth-order valence-corrected chi connectivity index (χ4v) is 2.60. The molecule has 1 saturated heterocycles. The van der Waals surface area contributed by atoms with Crippen LogP contribution in [0.25, 0.3) is 11.2 Å². The first-order valence-corrected chi connectivity index (χ1v) is 6.27. The molecule has 7 heteroatoms. The quantitative estimate of drug-likeness (QED) is 0.867. The number of imidazole rings is 1. The number of anilines is 1. The minimum atomic E-state index is -0.129. The zero-order valence-corrected chi connectivity index (χ0v) is 11.1.